The van der Waals surface area contributed by atoms with E-state index in [1.54, 1.807) is 12.1 Å². The number of piperidine rings is 1. The lowest BCUT2D eigenvalue weighted by molar-refractivity contribution is -0.129. The normalized spacial score (nSPS) is 23.5. The van der Waals surface area contributed by atoms with Gasteiger partial charge >= 0.3 is 0 Å². The summed E-state index contributed by atoms with van der Waals surface area (Å²) in [4.78, 5) is 30.3. The highest BCUT2D eigenvalue weighted by molar-refractivity contribution is 6.07. The number of anilines is 1. The monoisotopic (exact) mass is 408 g/mol. The summed E-state index contributed by atoms with van der Waals surface area (Å²) < 4.78 is 0. The van der Waals surface area contributed by atoms with Crippen molar-refractivity contribution in [3.05, 3.63) is 29.3 Å². The molecule has 1 aromatic rings. The van der Waals surface area contributed by atoms with Crippen LogP contribution >= 0.6 is 0 Å². The number of benzene rings is 1. The molecule has 30 heavy (non-hydrogen) atoms. The highest BCUT2D eigenvalue weighted by Gasteiger charge is 2.43. The van der Waals surface area contributed by atoms with Crippen LogP contribution in [-0.4, -0.2) is 41.9 Å². The Morgan fingerprint density at radius 1 is 1.10 bits per heavy atom. The Morgan fingerprint density at radius 2 is 1.80 bits per heavy atom. The molecule has 1 saturated carbocycles. The number of nitriles is 1. The predicted octanol–water partition coefficient (Wildman–Crippen LogP) is 3.52. The van der Waals surface area contributed by atoms with E-state index in [9.17, 15) is 14.9 Å². The molecule has 4 rings (SSSR count). The van der Waals surface area contributed by atoms with Gasteiger partial charge in [-0.2, -0.15) is 5.26 Å². The van der Waals surface area contributed by atoms with E-state index in [4.69, 9.17) is 0 Å². The molecular weight excluding hydrogens is 376 g/mol. The summed E-state index contributed by atoms with van der Waals surface area (Å²) in [5, 5.41) is 12.2. The summed E-state index contributed by atoms with van der Waals surface area (Å²) in [6.07, 6.45) is 8.54. The van der Waals surface area contributed by atoms with E-state index in [-0.39, 0.29) is 23.8 Å². The van der Waals surface area contributed by atoms with Gasteiger partial charge in [0.2, 0.25) is 5.91 Å². The molecule has 0 aromatic heterocycles. The first-order chi connectivity index (χ1) is 14.5. The van der Waals surface area contributed by atoms with Gasteiger partial charge in [-0.3, -0.25) is 9.59 Å². The molecule has 160 valence electrons. The number of rotatable bonds is 4. The van der Waals surface area contributed by atoms with E-state index in [0.29, 0.717) is 11.6 Å². The summed E-state index contributed by atoms with van der Waals surface area (Å²) >= 11 is 0. The van der Waals surface area contributed by atoms with E-state index in [1.165, 1.54) is 32.1 Å². The third kappa shape index (κ3) is 3.96. The molecule has 2 heterocycles. The van der Waals surface area contributed by atoms with Crippen molar-refractivity contribution in [2.24, 2.45) is 5.92 Å². The summed E-state index contributed by atoms with van der Waals surface area (Å²) in [6.45, 7) is 5.68. The Hall–Kier alpha value is -2.39. The Balaban J connectivity index is 1.53. The maximum Gasteiger partial charge on any atom is 0.254 e. The van der Waals surface area contributed by atoms with Gasteiger partial charge in [0, 0.05) is 42.3 Å². The highest BCUT2D eigenvalue weighted by atomic mass is 16.2. The minimum atomic E-state index is -0.695. The van der Waals surface area contributed by atoms with Gasteiger partial charge in [-0.25, -0.2) is 0 Å². The van der Waals surface area contributed by atoms with E-state index >= 15 is 0 Å². The Labute approximate surface area is 179 Å². The topological polar surface area (TPSA) is 76.4 Å². The van der Waals surface area contributed by atoms with E-state index in [2.05, 4.69) is 16.3 Å². The Bertz CT molecular complexity index is 845. The van der Waals surface area contributed by atoms with Crippen LogP contribution in [0.5, 0.6) is 0 Å². The maximum atomic E-state index is 13.4. The van der Waals surface area contributed by atoms with Crippen LogP contribution < -0.4 is 10.2 Å². The fourth-order valence-electron chi connectivity index (χ4n) is 5.25. The molecule has 1 atom stereocenters. The molecule has 2 fully saturated rings. The Morgan fingerprint density at radius 3 is 2.43 bits per heavy atom. The molecule has 1 aliphatic carbocycles. The van der Waals surface area contributed by atoms with Crippen molar-refractivity contribution in [1.82, 2.24) is 10.2 Å². The van der Waals surface area contributed by atoms with E-state index in [0.717, 1.165) is 37.2 Å². The molecular formula is C24H32N4O2. The average molecular weight is 409 g/mol. The van der Waals surface area contributed by atoms with Gasteiger partial charge in [-0.15, -0.1) is 0 Å². The second kappa shape index (κ2) is 8.77. The standard InChI is InChI=1S/C24H32N4O2/c1-16(2)23(29)26-22-20-14-17(15-25)8-9-21(20)28(24(22)30)19-10-12-27(13-11-19)18-6-4-3-5-7-18/h8-9,14,16,18-19,22H,3-7,10-13H2,1-2H3,(H,26,29). The quantitative estimate of drug-likeness (QED) is 0.827. The number of hydrogen-bond donors (Lipinski definition) is 1. The molecule has 1 unspecified atom stereocenters. The number of likely N-dealkylation sites (tertiary alicyclic amines) is 1. The van der Waals surface area contributed by atoms with Crippen LogP contribution in [0.15, 0.2) is 18.2 Å². The second-order valence-corrected chi connectivity index (χ2v) is 9.25. The lowest BCUT2D eigenvalue weighted by Gasteiger charge is -2.41. The number of hydrogen-bond acceptors (Lipinski definition) is 4. The zero-order valence-electron chi connectivity index (χ0n) is 18.1. The van der Waals surface area contributed by atoms with E-state index in [1.807, 2.05) is 24.8 Å². The molecule has 1 saturated heterocycles. The van der Waals surface area contributed by atoms with Crippen LogP contribution in [0.1, 0.15) is 76.0 Å². The zero-order valence-corrected chi connectivity index (χ0v) is 18.1. The molecule has 1 aromatic carbocycles. The first kappa shape index (κ1) is 20.9. The van der Waals surface area contributed by atoms with Gasteiger partial charge in [0.25, 0.3) is 5.91 Å². The fourth-order valence-corrected chi connectivity index (χ4v) is 5.25. The lowest BCUT2D eigenvalue weighted by Crippen LogP contribution is -2.50. The molecule has 2 aliphatic heterocycles. The molecule has 2 amide bonds. The van der Waals surface area contributed by atoms with Crippen molar-refractivity contribution in [3.8, 4) is 6.07 Å². The van der Waals surface area contributed by atoms with Crippen LogP contribution in [0.3, 0.4) is 0 Å². The minimum Gasteiger partial charge on any atom is -0.340 e. The van der Waals surface area contributed by atoms with Crippen molar-refractivity contribution in [2.75, 3.05) is 18.0 Å². The number of amides is 2. The molecule has 1 N–H and O–H groups in total. The first-order valence-electron chi connectivity index (χ1n) is 11.4. The maximum absolute atomic E-state index is 13.4. The third-order valence-electron chi connectivity index (χ3n) is 6.98. The number of nitrogens with zero attached hydrogens (tertiary/aromatic N) is 3. The smallest absolute Gasteiger partial charge is 0.254 e. The molecule has 0 bridgehead atoms. The second-order valence-electron chi connectivity index (χ2n) is 9.25. The van der Waals surface area contributed by atoms with Crippen LogP contribution in [0.25, 0.3) is 0 Å². The van der Waals surface area contributed by atoms with Gasteiger partial charge in [-0.1, -0.05) is 33.1 Å². The molecule has 0 radical (unpaired) electrons. The summed E-state index contributed by atoms with van der Waals surface area (Å²) in [5.41, 5.74) is 2.12. The zero-order chi connectivity index (χ0) is 21.3. The van der Waals surface area contributed by atoms with Crippen LogP contribution in [-0.2, 0) is 9.59 Å². The number of fused-ring (bicyclic) bond motifs is 1. The van der Waals surface area contributed by atoms with Gasteiger partial charge in [-0.05, 0) is 43.9 Å². The molecule has 0 spiro atoms. The van der Waals surface area contributed by atoms with Gasteiger partial charge in [0.15, 0.2) is 0 Å². The predicted molar refractivity (Wildman–Crippen MR) is 116 cm³/mol. The number of carbonyl (C=O) groups excluding carboxylic acids is 2. The summed E-state index contributed by atoms with van der Waals surface area (Å²) in [7, 11) is 0. The van der Waals surface area contributed by atoms with Crippen LogP contribution in [0, 0.1) is 17.2 Å². The van der Waals surface area contributed by atoms with Crippen molar-refractivity contribution in [2.45, 2.75) is 76.9 Å². The average Bonchev–Trinajstić information content (AvgIpc) is 3.05. The van der Waals surface area contributed by atoms with Crippen molar-refractivity contribution in [1.29, 1.82) is 5.26 Å². The van der Waals surface area contributed by atoms with Crippen LogP contribution in [0.2, 0.25) is 0 Å². The van der Waals surface area contributed by atoms with Crippen LogP contribution in [0.4, 0.5) is 5.69 Å². The lowest BCUT2D eigenvalue weighted by atomic mass is 9.92. The van der Waals surface area contributed by atoms with Gasteiger partial charge in [0.05, 0.1) is 11.6 Å². The first-order valence-corrected chi connectivity index (χ1v) is 11.4. The third-order valence-corrected chi connectivity index (χ3v) is 6.98. The van der Waals surface area contributed by atoms with Crippen molar-refractivity contribution >= 4 is 17.5 Å². The largest absolute Gasteiger partial charge is 0.340 e. The molecule has 3 aliphatic rings. The van der Waals surface area contributed by atoms with Gasteiger partial charge < -0.3 is 15.1 Å². The SMILES string of the molecule is CC(C)C(=O)NC1C(=O)N(C2CCN(C3CCCCC3)CC2)c2ccc(C#N)cc21. The number of nitrogens with one attached hydrogen (secondary N) is 1. The van der Waals surface area contributed by atoms with Gasteiger partial charge in [0.1, 0.15) is 6.04 Å². The highest BCUT2D eigenvalue weighted by Crippen LogP contribution is 2.40. The fraction of sp³-hybridized carbons (Fsp3) is 0.625. The number of carbonyl (C=O) groups is 2. The minimum absolute atomic E-state index is 0.0646. The summed E-state index contributed by atoms with van der Waals surface area (Å²) in [6, 6.07) is 7.71. The Kier molecular flexibility index (Phi) is 6.10. The summed E-state index contributed by atoms with van der Waals surface area (Å²) in [5.74, 6) is -0.408. The molecule has 6 nitrogen and oxygen atoms in total. The van der Waals surface area contributed by atoms with Crippen molar-refractivity contribution in [3.63, 3.8) is 0 Å². The van der Waals surface area contributed by atoms with E-state index < -0.39 is 6.04 Å². The molecule has 6 heteroatoms. The van der Waals surface area contributed by atoms with Crippen molar-refractivity contribution < 1.29 is 9.59 Å².